The van der Waals surface area contributed by atoms with Crippen molar-refractivity contribution in [2.75, 3.05) is 27.0 Å². The second-order valence-corrected chi connectivity index (χ2v) is 3.83. The third kappa shape index (κ3) is 14.3. The Labute approximate surface area is 118 Å². The van der Waals surface area contributed by atoms with E-state index in [1.165, 1.54) is 11.0 Å². The highest BCUT2D eigenvalue weighted by Gasteiger charge is 2.07. The van der Waals surface area contributed by atoms with Gasteiger partial charge >= 0.3 is 0 Å². The Bertz CT molecular complexity index is 309. The molecule has 0 aromatic heterocycles. The molecular weight excluding hydrogens is 267 g/mol. The summed E-state index contributed by atoms with van der Waals surface area (Å²) in [6.07, 6.45) is 5.14. The van der Waals surface area contributed by atoms with Gasteiger partial charge in [0.1, 0.15) is 6.29 Å². The number of alkyl halides is 1. The lowest BCUT2D eigenvalue weighted by molar-refractivity contribution is -0.126. The standard InChI is InChI=1S/C12H20N2O3.CH3FO/c1-3-4-8-13-11(16)7-9-14(2)12(17)6-5-10-15;2-1-3/h5-6,10H,3-4,7-9H2,1-2H3,(H,13,16);3H,1H2/b6-5-;. The van der Waals surface area contributed by atoms with E-state index in [-0.39, 0.29) is 18.2 Å². The molecule has 0 aliphatic carbocycles. The van der Waals surface area contributed by atoms with Gasteiger partial charge in [0.05, 0.1) is 0 Å². The van der Waals surface area contributed by atoms with E-state index in [0.717, 1.165) is 18.9 Å². The first kappa shape index (κ1) is 20.6. The summed E-state index contributed by atoms with van der Waals surface area (Å²) in [7, 11) is 1.59. The number of allylic oxidation sites excluding steroid dienone is 1. The zero-order valence-electron chi connectivity index (χ0n) is 12.0. The first-order valence-corrected chi connectivity index (χ1v) is 6.33. The summed E-state index contributed by atoms with van der Waals surface area (Å²) in [4.78, 5) is 34.1. The molecule has 0 bridgehead atoms. The number of carbonyl (C=O) groups is 3. The molecule has 0 atom stereocenters. The van der Waals surface area contributed by atoms with E-state index in [0.29, 0.717) is 19.4 Å². The number of likely N-dealkylation sites (N-methyl/N-ethyl adjacent to an activating group) is 1. The number of nitrogens with zero attached hydrogens (tertiary/aromatic N) is 1. The first-order chi connectivity index (χ1) is 9.53. The van der Waals surface area contributed by atoms with E-state index in [2.05, 4.69) is 12.2 Å². The number of nitrogens with one attached hydrogen (secondary N) is 1. The summed E-state index contributed by atoms with van der Waals surface area (Å²) in [5.41, 5.74) is 0. The number of hydrogen-bond donors (Lipinski definition) is 2. The molecular formula is C13H23FN2O4. The van der Waals surface area contributed by atoms with Gasteiger partial charge in [-0.05, 0) is 12.5 Å². The minimum Gasteiger partial charge on any atom is -0.366 e. The Morgan fingerprint density at radius 2 is 2.00 bits per heavy atom. The monoisotopic (exact) mass is 290 g/mol. The number of amides is 2. The fraction of sp³-hybridized carbons (Fsp3) is 0.615. The minimum absolute atomic E-state index is 0.0579. The van der Waals surface area contributed by atoms with Crippen LogP contribution in [0.15, 0.2) is 12.2 Å². The van der Waals surface area contributed by atoms with Gasteiger partial charge in [-0.15, -0.1) is 0 Å². The van der Waals surface area contributed by atoms with E-state index in [9.17, 15) is 18.8 Å². The topological polar surface area (TPSA) is 86.7 Å². The van der Waals surface area contributed by atoms with Gasteiger partial charge in [0.25, 0.3) is 0 Å². The molecule has 0 saturated carbocycles. The molecule has 0 saturated heterocycles. The van der Waals surface area contributed by atoms with E-state index < -0.39 is 6.86 Å². The van der Waals surface area contributed by atoms with Crippen LogP contribution in [-0.4, -0.2) is 55.1 Å². The van der Waals surface area contributed by atoms with Gasteiger partial charge in [-0.2, -0.15) is 0 Å². The highest BCUT2D eigenvalue weighted by molar-refractivity contribution is 5.91. The molecule has 0 radical (unpaired) electrons. The quantitative estimate of drug-likeness (QED) is 0.385. The molecule has 0 aromatic rings. The Balaban J connectivity index is 0. The molecule has 0 heterocycles. The summed E-state index contributed by atoms with van der Waals surface area (Å²) < 4.78 is 9.85. The van der Waals surface area contributed by atoms with Crippen molar-refractivity contribution >= 4 is 18.1 Å². The number of hydrogen-bond acceptors (Lipinski definition) is 4. The van der Waals surface area contributed by atoms with Crippen molar-refractivity contribution < 1.29 is 23.9 Å². The molecule has 0 rings (SSSR count). The molecule has 20 heavy (non-hydrogen) atoms. The number of carbonyl (C=O) groups excluding carboxylic acids is 3. The molecule has 6 nitrogen and oxygen atoms in total. The number of unbranched alkanes of at least 4 members (excludes halogenated alkanes) is 1. The molecule has 0 fully saturated rings. The molecule has 0 aliphatic heterocycles. The van der Waals surface area contributed by atoms with Crippen LogP contribution in [0, 0.1) is 0 Å². The maximum absolute atomic E-state index is 11.3. The van der Waals surface area contributed by atoms with E-state index in [1.807, 2.05) is 0 Å². The van der Waals surface area contributed by atoms with Crippen LogP contribution in [0.3, 0.4) is 0 Å². The summed E-state index contributed by atoms with van der Waals surface area (Å²) >= 11 is 0. The summed E-state index contributed by atoms with van der Waals surface area (Å²) in [6, 6.07) is 0. The third-order valence-corrected chi connectivity index (χ3v) is 2.22. The lowest BCUT2D eigenvalue weighted by atomic mass is 10.3. The Hall–Kier alpha value is -1.76. The Kier molecular flexibility index (Phi) is 15.7. The summed E-state index contributed by atoms with van der Waals surface area (Å²) in [6.45, 7) is 1.83. The zero-order valence-corrected chi connectivity index (χ0v) is 12.0. The van der Waals surface area contributed by atoms with Crippen LogP contribution in [0.2, 0.25) is 0 Å². The Morgan fingerprint density at radius 1 is 1.40 bits per heavy atom. The average Bonchev–Trinajstić information content (AvgIpc) is 2.43. The van der Waals surface area contributed by atoms with Crippen LogP contribution >= 0.6 is 0 Å². The van der Waals surface area contributed by atoms with Crippen molar-refractivity contribution in [3.8, 4) is 0 Å². The van der Waals surface area contributed by atoms with Crippen LogP contribution in [0.4, 0.5) is 4.39 Å². The summed E-state index contributed by atoms with van der Waals surface area (Å²) in [5.74, 6) is -0.337. The maximum atomic E-state index is 11.3. The van der Waals surface area contributed by atoms with Gasteiger partial charge in [-0.25, -0.2) is 4.39 Å². The van der Waals surface area contributed by atoms with Crippen LogP contribution in [0.25, 0.3) is 0 Å². The van der Waals surface area contributed by atoms with Gasteiger partial charge in [-0.3, -0.25) is 14.4 Å². The second-order valence-electron chi connectivity index (χ2n) is 3.83. The average molecular weight is 290 g/mol. The largest absolute Gasteiger partial charge is 0.366 e. The van der Waals surface area contributed by atoms with Crippen molar-refractivity contribution in [2.24, 2.45) is 0 Å². The van der Waals surface area contributed by atoms with Gasteiger partial charge in [-0.1, -0.05) is 13.3 Å². The van der Waals surface area contributed by atoms with E-state index in [1.54, 1.807) is 7.05 Å². The molecule has 2 amide bonds. The maximum Gasteiger partial charge on any atom is 0.246 e. The molecule has 0 aromatic carbocycles. The molecule has 2 N–H and O–H groups in total. The molecule has 0 spiro atoms. The molecule has 0 aliphatic rings. The SMILES string of the molecule is CCCCNC(=O)CCN(C)C(=O)/C=C\C=O.OCF. The predicted molar refractivity (Wildman–Crippen MR) is 73.6 cm³/mol. The lowest BCUT2D eigenvalue weighted by Gasteiger charge is -2.14. The summed E-state index contributed by atoms with van der Waals surface area (Å²) in [5, 5.41) is 9.67. The zero-order chi connectivity index (χ0) is 15.8. The number of aliphatic hydroxyl groups excluding tert-OH is 1. The van der Waals surface area contributed by atoms with Crippen molar-refractivity contribution in [1.82, 2.24) is 10.2 Å². The van der Waals surface area contributed by atoms with Crippen molar-refractivity contribution in [2.45, 2.75) is 26.2 Å². The lowest BCUT2D eigenvalue weighted by Crippen LogP contribution is -2.31. The van der Waals surface area contributed by atoms with Crippen LogP contribution in [0.5, 0.6) is 0 Å². The van der Waals surface area contributed by atoms with E-state index >= 15 is 0 Å². The minimum atomic E-state index is -1.25. The van der Waals surface area contributed by atoms with Crippen LogP contribution < -0.4 is 5.32 Å². The normalized spacial score (nSPS) is 9.60. The van der Waals surface area contributed by atoms with Gasteiger partial charge < -0.3 is 15.3 Å². The highest BCUT2D eigenvalue weighted by atomic mass is 19.1. The number of aliphatic hydroxyl groups is 1. The van der Waals surface area contributed by atoms with Gasteiger partial charge in [0, 0.05) is 32.6 Å². The van der Waals surface area contributed by atoms with Crippen LogP contribution in [0.1, 0.15) is 26.2 Å². The fourth-order valence-electron chi connectivity index (χ4n) is 1.12. The van der Waals surface area contributed by atoms with Crippen molar-refractivity contribution in [3.05, 3.63) is 12.2 Å². The fourth-order valence-corrected chi connectivity index (χ4v) is 1.12. The second kappa shape index (κ2) is 15.3. The first-order valence-electron chi connectivity index (χ1n) is 6.33. The molecule has 7 heteroatoms. The molecule has 116 valence electrons. The highest BCUT2D eigenvalue weighted by Crippen LogP contribution is 1.91. The number of halogens is 1. The van der Waals surface area contributed by atoms with Crippen molar-refractivity contribution in [3.63, 3.8) is 0 Å². The third-order valence-electron chi connectivity index (χ3n) is 2.22. The Morgan fingerprint density at radius 3 is 2.50 bits per heavy atom. The number of aldehydes is 1. The predicted octanol–water partition coefficient (Wildman–Crippen LogP) is 0.412. The van der Waals surface area contributed by atoms with Crippen LogP contribution in [-0.2, 0) is 14.4 Å². The number of rotatable bonds is 8. The van der Waals surface area contributed by atoms with Gasteiger partial charge in [0.2, 0.25) is 11.8 Å². The molecule has 0 unspecified atom stereocenters. The van der Waals surface area contributed by atoms with Gasteiger partial charge in [0.15, 0.2) is 6.86 Å². The smallest absolute Gasteiger partial charge is 0.246 e. The van der Waals surface area contributed by atoms with E-state index in [4.69, 9.17) is 5.11 Å². The van der Waals surface area contributed by atoms with Crippen molar-refractivity contribution in [1.29, 1.82) is 0 Å².